The molecule has 2 fully saturated rings. The molecule has 1 aromatic heterocycles. The second kappa shape index (κ2) is 13.3. The van der Waals surface area contributed by atoms with Crippen molar-refractivity contribution in [2.24, 2.45) is 28.9 Å². The van der Waals surface area contributed by atoms with Gasteiger partial charge in [-0.25, -0.2) is 4.79 Å². The highest BCUT2D eigenvalue weighted by Gasteiger charge is 2.38. The van der Waals surface area contributed by atoms with Crippen LogP contribution in [0.4, 0.5) is 5.69 Å². The minimum Gasteiger partial charge on any atom is -0.477 e. The van der Waals surface area contributed by atoms with Gasteiger partial charge in [-0.05, 0) is 90.0 Å². The summed E-state index contributed by atoms with van der Waals surface area (Å²) >= 11 is 1.13. The van der Waals surface area contributed by atoms with Crippen molar-refractivity contribution in [3.63, 3.8) is 0 Å². The number of esters is 1. The minimum atomic E-state index is -1.05. The van der Waals surface area contributed by atoms with Crippen molar-refractivity contribution < 1.29 is 24.2 Å². The first kappa shape index (κ1) is 31.2. The van der Waals surface area contributed by atoms with Crippen molar-refractivity contribution in [2.45, 2.75) is 118 Å². The molecule has 2 atom stereocenters. The van der Waals surface area contributed by atoms with Gasteiger partial charge in [0.2, 0.25) is 5.91 Å². The summed E-state index contributed by atoms with van der Waals surface area (Å²) in [5.74, 6) is 5.44. The van der Waals surface area contributed by atoms with Gasteiger partial charge in [-0.15, -0.1) is 11.3 Å². The van der Waals surface area contributed by atoms with Gasteiger partial charge in [0, 0.05) is 17.4 Å². The molecule has 0 aliphatic heterocycles. The molecule has 0 radical (unpaired) electrons. The zero-order valence-electron chi connectivity index (χ0n) is 24.4. The average molecular weight is 559 g/mol. The first-order valence-electron chi connectivity index (χ1n) is 14.5. The molecule has 2 aliphatic carbocycles. The summed E-state index contributed by atoms with van der Waals surface area (Å²) in [6.07, 6.45) is 6.67. The zero-order chi connectivity index (χ0) is 28.9. The molecule has 0 saturated heterocycles. The number of carboxylic acids is 1. The summed E-state index contributed by atoms with van der Waals surface area (Å²) in [6.45, 7) is 12.2. The maximum atomic E-state index is 14.1. The van der Waals surface area contributed by atoms with E-state index in [9.17, 15) is 19.5 Å². The molecule has 0 unspecified atom stereocenters. The van der Waals surface area contributed by atoms with Gasteiger partial charge in [0.1, 0.15) is 17.0 Å². The number of ether oxygens (including phenoxy) is 1. The molecule has 0 spiro atoms. The number of rotatable bonds is 8. The summed E-state index contributed by atoms with van der Waals surface area (Å²) in [4.78, 5) is 41.5. The zero-order valence-corrected chi connectivity index (χ0v) is 25.2. The highest BCUT2D eigenvalue weighted by atomic mass is 32.1. The van der Waals surface area contributed by atoms with E-state index >= 15 is 0 Å². The van der Waals surface area contributed by atoms with Crippen LogP contribution in [0.3, 0.4) is 0 Å². The monoisotopic (exact) mass is 558 g/mol. The number of thiophene rings is 1. The topological polar surface area (TPSA) is 110 Å². The molecule has 7 nitrogen and oxygen atoms in total. The first-order valence-corrected chi connectivity index (χ1v) is 15.3. The van der Waals surface area contributed by atoms with Crippen LogP contribution in [-0.4, -0.2) is 41.1 Å². The van der Waals surface area contributed by atoms with Crippen molar-refractivity contribution in [3.05, 3.63) is 15.8 Å². The fourth-order valence-corrected chi connectivity index (χ4v) is 6.22. The Morgan fingerprint density at radius 2 is 1.74 bits per heavy atom. The average Bonchev–Trinajstić information content (AvgIpc) is 3.32. The smallest absolute Gasteiger partial charge is 0.348 e. The van der Waals surface area contributed by atoms with Crippen molar-refractivity contribution in [3.8, 4) is 11.8 Å². The van der Waals surface area contributed by atoms with Crippen molar-refractivity contribution in [1.82, 2.24) is 0 Å². The molecular weight excluding hydrogens is 512 g/mol. The first-order chi connectivity index (χ1) is 18.3. The van der Waals surface area contributed by atoms with E-state index in [1.54, 1.807) is 11.0 Å². The summed E-state index contributed by atoms with van der Waals surface area (Å²) in [5.41, 5.74) is 6.30. The van der Waals surface area contributed by atoms with Crippen LogP contribution in [0.5, 0.6) is 0 Å². The lowest BCUT2D eigenvalue weighted by Gasteiger charge is -2.39. The third-order valence-corrected chi connectivity index (χ3v) is 9.18. The van der Waals surface area contributed by atoms with Gasteiger partial charge in [-0.1, -0.05) is 39.0 Å². The number of carboxylic acid groups (broad SMARTS) is 1. The number of amides is 1. The Labute approximate surface area is 237 Å². The molecular formula is C31H46N2O5S. The van der Waals surface area contributed by atoms with Gasteiger partial charge in [0.15, 0.2) is 0 Å². The van der Waals surface area contributed by atoms with E-state index < -0.39 is 12.0 Å². The highest BCUT2D eigenvalue weighted by Crippen LogP contribution is 2.39. The van der Waals surface area contributed by atoms with Crippen LogP contribution in [0.1, 0.15) is 114 Å². The molecule has 3 rings (SSSR count). The van der Waals surface area contributed by atoms with Gasteiger partial charge in [-0.2, -0.15) is 0 Å². The summed E-state index contributed by atoms with van der Waals surface area (Å²) in [6, 6.07) is 0.982. The van der Waals surface area contributed by atoms with Gasteiger partial charge in [0.05, 0.1) is 10.6 Å². The predicted octanol–water partition coefficient (Wildman–Crippen LogP) is 6.23. The number of aromatic carboxylic acids is 1. The standard InChI is InChI=1S/C31H46N2O5S/c1-7-20(3)26(32)30(37)38-23-14-12-22(13-15-23)33(28(34)21-10-8-19(2)9-11-21)25-18-24(16-17-31(4,5)6)39-27(25)29(35)36/h18-23,26H,7-15,32H2,1-6H3,(H,35,36)/t19?,20-,21?,22?,23?,26+/m0/s1. The number of anilines is 1. The molecule has 0 bridgehead atoms. The number of carbonyl (C=O) groups excluding carboxylic acids is 2. The molecule has 1 aromatic rings. The lowest BCUT2D eigenvalue weighted by Crippen LogP contribution is -2.48. The number of nitrogens with two attached hydrogens (primary N) is 1. The molecule has 8 heteroatoms. The Hall–Kier alpha value is -2.37. The number of hydrogen-bond acceptors (Lipinski definition) is 6. The minimum absolute atomic E-state index is 0.0109. The Kier molecular flexibility index (Phi) is 10.6. The van der Waals surface area contributed by atoms with Gasteiger partial charge >= 0.3 is 11.9 Å². The second-order valence-corrected chi connectivity index (χ2v) is 13.6. The lowest BCUT2D eigenvalue weighted by atomic mass is 9.81. The third-order valence-electron chi connectivity index (χ3n) is 8.15. The molecule has 2 saturated carbocycles. The largest absolute Gasteiger partial charge is 0.477 e. The fourth-order valence-electron chi connectivity index (χ4n) is 5.37. The number of carbonyl (C=O) groups is 3. The maximum absolute atomic E-state index is 14.1. The molecule has 2 aliphatic rings. The van der Waals surface area contributed by atoms with Crippen molar-refractivity contribution >= 4 is 34.9 Å². The Morgan fingerprint density at radius 1 is 1.13 bits per heavy atom. The Balaban J connectivity index is 1.87. The van der Waals surface area contributed by atoms with E-state index in [1.165, 1.54) is 0 Å². The van der Waals surface area contributed by atoms with E-state index in [2.05, 4.69) is 18.8 Å². The van der Waals surface area contributed by atoms with Crippen molar-refractivity contribution in [2.75, 3.05) is 4.90 Å². The molecule has 0 aromatic carbocycles. The van der Waals surface area contributed by atoms with Crippen LogP contribution in [0.15, 0.2) is 6.07 Å². The molecule has 216 valence electrons. The van der Waals surface area contributed by atoms with E-state index in [1.807, 2.05) is 34.6 Å². The predicted molar refractivity (Wildman–Crippen MR) is 156 cm³/mol. The van der Waals surface area contributed by atoms with E-state index in [0.717, 1.165) is 43.4 Å². The lowest BCUT2D eigenvalue weighted by molar-refractivity contribution is -0.153. The molecule has 1 heterocycles. The van der Waals surface area contributed by atoms with Gasteiger partial charge < -0.3 is 20.5 Å². The quantitative estimate of drug-likeness (QED) is 0.289. The fraction of sp³-hybridized carbons (Fsp3) is 0.710. The highest BCUT2D eigenvalue weighted by molar-refractivity contribution is 7.15. The van der Waals surface area contributed by atoms with E-state index in [0.29, 0.717) is 42.2 Å². The number of hydrogen-bond donors (Lipinski definition) is 2. The van der Waals surface area contributed by atoms with Crippen LogP contribution in [-0.2, 0) is 14.3 Å². The Bertz CT molecular complexity index is 1080. The van der Waals surface area contributed by atoms with Crippen LogP contribution >= 0.6 is 11.3 Å². The molecule has 39 heavy (non-hydrogen) atoms. The van der Waals surface area contributed by atoms with E-state index in [4.69, 9.17) is 10.5 Å². The van der Waals surface area contributed by atoms with Crippen molar-refractivity contribution in [1.29, 1.82) is 0 Å². The third kappa shape index (κ3) is 8.31. The maximum Gasteiger partial charge on any atom is 0.348 e. The van der Waals surface area contributed by atoms with Crippen LogP contribution in [0, 0.1) is 35.0 Å². The van der Waals surface area contributed by atoms with Crippen LogP contribution < -0.4 is 10.6 Å². The van der Waals surface area contributed by atoms with Crippen LogP contribution in [0.25, 0.3) is 0 Å². The van der Waals surface area contributed by atoms with Gasteiger partial charge in [-0.3, -0.25) is 9.59 Å². The van der Waals surface area contributed by atoms with E-state index in [-0.39, 0.29) is 46.2 Å². The second-order valence-electron chi connectivity index (χ2n) is 12.6. The molecule has 3 N–H and O–H groups in total. The SMILES string of the molecule is CC[C@H](C)[C@@H](N)C(=O)OC1CCC(N(C(=O)C2CCC(C)CC2)c2cc(C#CC(C)(C)C)sc2C(=O)O)CC1. The van der Waals surface area contributed by atoms with Gasteiger partial charge in [0.25, 0.3) is 0 Å². The summed E-state index contributed by atoms with van der Waals surface area (Å²) in [7, 11) is 0. The summed E-state index contributed by atoms with van der Waals surface area (Å²) in [5, 5.41) is 10.1. The van der Waals surface area contributed by atoms with Crippen LogP contribution in [0.2, 0.25) is 0 Å². The Morgan fingerprint density at radius 3 is 2.28 bits per heavy atom. The summed E-state index contributed by atoms with van der Waals surface area (Å²) < 4.78 is 5.75. The molecule has 1 amide bonds. The normalized spacial score (nSPS) is 25.1. The number of nitrogens with zero attached hydrogens (tertiary/aromatic N) is 1.